The highest BCUT2D eigenvalue weighted by Crippen LogP contribution is 2.58. The molecule has 0 aromatic rings. The first-order valence-corrected chi connectivity index (χ1v) is 14.0. The van der Waals surface area contributed by atoms with Crippen molar-refractivity contribution >= 4 is 29.7 Å². The number of ketones is 1. The minimum atomic E-state index is -1.53. The van der Waals surface area contributed by atoms with E-state index < -0.39 is 71.5 Å². The second kappa shape index (κ2) is 12.7. The predicted octanol–water partition coefficient (Wildman–Crippen LogP) is 3.50. The summed E-state index contributed by atoms with van der Waals surface area (Å²) in [6.07, 6.45) is -0.253. The van der Waals surface area contributed by atoms with E-state index in [9.17, 15) is 24.0 Å². The van der Waals surface area contributed by atoms with Gasteiger partial charge in [0.05, 0.1) is 19.6 Å². The van der Waals surface area contributed by atoms with E-state index in [0.29, 0.717) is 12.0 Å². The summed E-state index contributed by atoms with van der Waals surface area (Å²) >= 11 is 0. The van der Waals surface area contributed by atoms with E-state index in [2.05, 4.69) is 6.58 Å². The zero-order chi connectivity index (χ0) is 29.9. The first kappa shape index (κ1) is 31.5. The molecule has 10 heteroatoms. The van der Waals surface area contributed by atoms with Crippen LogP contribution in [0.25, 0.3) is 0 Å². The molecule has 9 atom stereocenters. The van der Waals surface area contributed by atoms with Gasteiger partial charge in [-0.25, -0.2) is 9.59 Å². The standard InChI is InChI=1S/C30H42O10/c1-9-15(3)11-22(33)39-27-17(5)20-13-21(32)24(18(6)38-19(7)31)25(20)26(30(14-37-30)29(35)36-8)28(27)40-23(34)12-16(4)10-2/h12,15,18,20,24-28H,5,9-11,13-14H2,1-4,6-8H3/t15-,18-,20+,24+,25-,26+,27+,28+,30-/m0/s1. The van der Waals surface area contributed by atoms with Crippen LogP contribution in [0.1, 0.15) is 67.2 Å². The molecule has 40 heavy (non-hydrogen) atoms. The maximum absolute atomic E-state index is 13.5. The molecular formula is C30H42O10. The molecule has 0 aromatic carbocycles. The summed E-state index contributed by atoms with van der Waals surface area (Å²) in [5.41, 5.74) is -0.353. The van der Waals surface area contributed by atoms with Crippen LogP contribution in [0.15, 0.2) is 23.8 Å². The van der Waals surface area contributed by atoms with Crippen molar-refractivity contribution in [1.29, 1.82) is 0 Å². The third-order valence-electron chi connectivity index (χ3n) is 8.61. The van der Waals surface area contributed by atoms with Crippen molar-refractivity contribution in [2.45, 2.75) is 91.1 Å². The van der Waals surface area contributed by atoms with Crippen LogP contribution in [0.3, 0.4) is 0 Å². The van der Waals surface area contributed by atoms with Gasteiger partial charge in [-0.1, -0.05) is 39.3 Å². The van der Waals surface area contributed by atoms with Crippen molar-refractivity contribution in [3.8, 4) is 0 Å². The smallest absolute Gasteiger partial charge is 0.341 e. The highest BCUT2D eigenvalue weighted by Gasteiger charge is 2.72. The molecule has 1 heterocycles. The van der Waals surface area contributed by atoms with Crippen LogP contribution < -0.4 is 0 Å². The average Bonchev–Trinajstić information content (AvgIpc) is 3.61. The Morgan fingerprint density at radius 3 is 2.33 bits per heavy atom. The van der Waals surface area contributed by atoms with Gasteiger partial charge in [-0.05, 0) is 43.6 Å². The molecule has 0 spiro atoms. The van der Waals surface area contributed by atoms with Gasteiger partial charge in [-0.2, -0.15) is 0 Å². The molecule has 0 N–H and O–H groups in total. The fourth-order valence-electron chi connectivity index (χ4n) is 6.19. The number of esters is 4. The van der Waals surface area contributed by atoms with Gasteiger partial charge in [0.15, 0.2) is 11.7 Å². The van der Waals surface area contributed by atoms with Gasteiger partial charge in [-0.15, -0.1) is 0 Å². The summed E-state index contributed by atoms with van der Waals surface area (Å²) in [5, 5.41) is 0. The summed E-state index contributed by atoms with van der Waals surface area (Å²) in [5.74, 6) is -5.51. The van der Waals surface area contributed by atoms with Crippen LogP contribution in [0.2, 0.25) is 0 Å². The molecule has 10 nitrogen and oxygen atoms in total. The third-order valence-corrected chi connectivity index (χ3v) is 8.61. The Hall–Kier alpha value is -3.01. The number of hydrogen-bond acceptors (Lipinski definition) is 10. The summed E-state index contributed by atoms with van der Waals surface area (Å²) in [6, 6.07) is 0. The zero-order valence-corrected chi connectivity index (χ0v) is 24.5. The minimum Gasteiger partial charge on any atom is -0.467 e. The van der Waals surface area contributed by atoms with Crippen LogP contribution in [0, 0.1) is 29.6 Å². The highest BCUT2D eigenvalue weighted by molar-refractivity contribution is 5.88. The maximum Gasteiger partial charge on any atom is 0.341 e. The van der Waals surface area contributed by atoms with Crippen LogP contribution in [0.4, 0.5) is 0 Å². The zero-order valence-electron chi connectivity index (χ0n) is 24.5. The van der Waals surface area contributed by atoms with Gasteiger partial charge in [-0.3, -0.25) is 14.4 Å². The lowest BCUT2D eigenvalue weighted by Gasteiger charge is -2.48. The largest absolute Gasteiger partial charge is 0.467 e. The van der Waals surface area contributed by atoms with Crippen LogP contribution in [-0.4, -0.2) is 67.3 Å². The Labute approximate surface area is 235 Å². The van der Waals surface area contributed by atoms with Crippen molar-refractivity contribution in [3.05, 3.63) is 23.8 Å². The number of rotatable bonds is 11. The van der Waals surface area contributed by atoms with Gasteiger partial charge in [0, 0.05) is 31.8 Å². The number of hydrogen-bond donors (Lipinski definition) is 0. The predicted molar refractivity (Wildman–Crippen MR) is 143 cm³/mol. The van der Waals surface area contributed by atoms with Crippen molar-refractivity contribution in [2.75, 3.05) is 13.7 Å². The normalized spacial score (nSPS) is 32.9. The number of allylic oxidation sites excluding steroid dienone is 1. The van der Waals surface area contributed by atoms with Gasteiger partial charge >= 0.3 is 23.9 Å². The lowest BCUT2D eigenvalue weighted by atomic mass is 9.61. The SMILES string of the molecule is C=C1[C@H]2CC(=O)[C@@H]([C@H](C)OC(C)=O)[C@H]2[C@@H]([C@]2(C(=O)OC)CO2)[C@@H](OC(=O)C=C(C)CC)[C@@H]1OC(=O)C[C@@H](C)CC. The molecule has 2 aliphatic carbocycles. The van der Waals surface area contributed by atoms with Gasteiger partial charge < -0.3 is 23.7 Å². The number of Topliss-reactive ketones (excluding diaryl/α,β-unsaturated/α-hetero) is 1. The molecule has 3 rings (SSSR count). The fourth-order valence-corrected chi connectivity index (χ4v) is 6.19. The second-order valence-corrected chi connectivity index (χ2v) is 11.3. The van der Waals surface area contributed by atoms with E-state index in [1.165, 1.54) is 20.1 Å². The molecular weight excluding hydrogens is 520 g/mol. The van der Waals surface area contributed by atoms with Gasteiger partial charge in [0.25, 0.3) is 0 Å². The summed E-state index contributed by atoms with van der Waals surface area (Å²) in [6.45, 7) is 14.6. The molecule has 3 fully saturated rings. The number of methoxy groups -OCH3 is 1. The summed E-state index contributed by atoms with van der Waals surface area (Å²) in [4.78, 5) is 64.6. The van der Waals surface area contributed by atoms with E-state index >= 15 is 0 Å². The first-order valence-electron chi connectivity index (χ1n) is 14.0. The van der Waals surface area contributed by atoms with Crippen molar-refractivity contribution in [1.82, 2.24) is 0 Å². The van der Waals surface area contributed by atoms with Crippen molar-refractivity contribution in [2.24, 2.45) is 29.6 Å². The molecule has 0 amide bonds. The Morgan fingerprint density at radius 1 is 1.15 bits per heavy atom. The van der Waals surface area contributed by atoms with Crippen LogP contribution in [-0.2, 0) is 47.7 Å². The topological polar surface area (TPSA) is 135 Å². The van der Waals surface area contributed by atoms with Crippen molar-refractivity contribution in [3.63, 3.8) is 0 Å². The monoisotopic (exact) mass is 562 g/mol. The van der Waals surface area contributed by atoms with Gasteiger partial charge in [0.1, 0.15) is 18.0 Å². The molecule has 222 valence electrons. The fraction of sp³-hybridized carbons (Fsp3) is 0.700. The lowest BCUT2D eigenvalue weighted by Crippen LogP contribution is -2.59. The molecule has 0 aromatic heterocycles. The molecule has 3 aliphatic rings. The van der Waals surface area contributed by atoms with Gasteiger partial charge in [0.2, 0.25) is 0 Å². The van der Waals surface area contributed by atoms with E-state index in [0.717, 1.165) is 12.0 Å². The van der Waals surface area contributed by atoms with E-state index in [1.807, 2.05) is 20.8 Å². The second-order valence-electron chi connectivity index (χ2n) is 11.3. The Morgan fingerprint density at radius 2 is 1.80 bits per heavy atom. The van der Waals surface area contributed by atoms with E-state index in [4.69, 9.17) is 23.7 Å². The number of ether oxygens (including phenoxy) is 5. The average molecular weight is 563 g/mol. The molecule has 2 saturated carbocycles. The number of fused-ring (bicyclic) bond motifs is 1. The van der Waals surface area contributed by atoms with E-state index in [1.54, 1.807) is 13.8 Å². The van der Waals surface area contributed by atoms with Crippen molar-refractivity contribution < 1.29 is 47.7 Å². The molecule has 0 unspecified atom stereocenters. The van der Waals surface area contributed by atoms with E-state index in [-0.39, 0.29) is 31.1 Å². The van der Waals surface area contributed by atoms with Crippen LogP contribution >= 0.6 is 0 Å². The molecule has 0 radical (unpaired) electrons. The Bertz CT molecular complexity index is 1070. The number of carbonyl (C=O) groups is 5. The maximum atomic E-state index is 13.5. The molecule has 0 bridgehead atoms. The van der Waals surface area contributed by atoms with Crippen LogP contribution in [0.5, 0.6) is 0 Å². The third kappa shape index (κ3) is 6.32. The number of epoxide rings is 1. The number of carbonyl (C=O) groups excluding carboxylic acids is 5. The lowest BCUT2D eigenvalue weighted by molar-refractivity contribution is -0.186. The Kier molecular flexibility index (Phi) is 9.98. The molecule has 1 aliphatic heterocycles. The summed E-state index contributed by atoms with van der Waals surface area (Å²) in [7, 11) is 1.22. The molecule has 1 saturated heterocycles. The first-order chi connectivity index (χ1) is 18.8. The highest BCUT2D eigenvalue weighted by atomic mass is 16.6. The Balaban J connectivity index is 2.15. The minimum absolute atomic E-state index is 0.0334. The summed E-state index contributed by atoms with van der Waals surface area (Å²) < 4.78 is 28.2. The quantitative estimate of drug-likeness (QED) is 0.121.